The summed E-state index contributed by atoms with van der Waals surface area (Å²) >= 11 is 0. The first kappa shape index (κ1) is 32.1. The van der Waals surface area contributed by atoms with Gasteiger partial charge in [0.25, 0.3) is 0 Å². The molecule has 1 aromatic carbocycles. The predicted molar refractivity (Wildman–Crippen MR) is 161 cm³/mol. The molecule has 0 radical (unpaired) electrons. The van der Waals surface area contributed by atoms with Gasteiger partial charge in [-0.05, 0) is 86.1 Å². The lowest BCUT2D eigenvalue weighted by atomic mass is 9.98. The number of halogens is 2. The highest BCUT2D eigenvalue weighted by molar-refractivity contribution is 7.17. The number of aromatic carboxylic acids is 1. The monoisotopic (exact) mass is 585 g/mol. The number of nitrogens with zero attached hydrogens (tertiary/aromatic N) is 2. The van der Waals surface area contributed by atoms with E-state index in [9.17, 15) is 18.4 Å². The lowest BCUT2D eigenvalue weighted by molar-refractivity contribution is -0.115. The molecule has 4 rings (SSSR count). The Morgan fingerprint density at radius 1 is 1.22 bits per heavy atom. The Balaban J connectivity index is 0.00000108. The van der Waals surface area contributed by atoms with Gasteiger partial charge in [-0.25, -0.2) is 18.6 Å². The first-order valence-electron chi connectivity index (χ1n) is 13.7. The molecular weight excluding hydrogens is 547 g/mol. The van der Waals surface area contributed by atoms with Crippen molar-refractivity contribution in [1.82, 2.24) is 4.98 Å². The van der Waals surface area contributed by atoms with Gasteiger partial charge in [0, 0.05) is 19.7 Å². The number of hydrogen-bond donors (Lipinski definition) is 2. The van der Waals surface area contributed by atoms with Crippen LogP contribution in [0.2, 0.25) is 0 Å². The van der Waals surface area contributed by atoms with Gasteiger partial charge >= 0.3 is 5.97 Å². The average Bonchev–Trinajstić information content (AvgIpc) is 2.92. The van der Waals surface area contributed by atoms with Gasteiger partial charge < -0.3 is 20.1 Å². The molecule has 2 atom stereocenters. The minimum absolute atomic E-state index is 0.0973. The lowest BCUT2D eigenvalue weighted by Gasteiger charge is -2.32. The number of anilines is 2. The predicted octanol–water partition coefficient (Wildman–Crippen LogP) is 6.85. The van der Waals surface area contributed by atoms with Crippen molar-refractivity contribution in [2.24, 2.45) is 5.92 Å². The highest BCUT2D eigenvalue weighted by atomic mass is 31.0. The van der Waals surface area contributed by atoms with E-state index in [0.29, 0.717) is 36.8 Å². The standard InChI is InChI=1S/C29H32FN3O4.C2H6FP/c30-25-8-3-1-2-5-22(16-25)17-28(34)32-26-9-10-27(31-18-26)33-13-11-21(12-14-33)19-37-20-23-6-4-7-24(15-23)29(35)36;1-2(3)4/h2,4-10,15-16,18,21H,1,3,11-14,17,19-20H2,(H,32,34)(H,35,36);2H,4H2,1H3/b5-2-,22-16+,25-8+;. The van der Waals surface area contributed by atoms with Gasteiger partial charge in [-0.1, -0.05) is 24.3 Å². The van der Waals surface area contributed by atoms with E-state index in [-0.39, 0.29) is 23.7 Å². The normalized spacial score (nSPS) is 19.7. The minimum atomic E-state index is -0.937. The molecule has 1 aliphatic heterocycles. The van der Waals surface area contributed by atoms with Crippen molar-refractivity contribution in [2.45, 2.75) is 51.5 Å². The molecule has 0 bridgehead atoms. The zero-order chi connectivity index (χ0) is 29.6. The van der Waals surface area contributed by atoms with Crippen LogP contribution in [0.5, 0.6) is 0 Å². The van der Waals surface area contributed by atoms with E-state index in [4.69, 9.17) is 9.84 Å². The Bertz CT molecular complexity index is 1240. The SMILES string of the molecule is CC(F)P.O=C(CC1=C/C(F)=C\CC/C=C\1)Nc1ccc(N2CCC(COCc3cccc(C(=O)O)c3)CC2)nc1. The maximum absolute atomic E-state index is 13.7. The number of carbonyl (C=O) groups excluding carboxylic acids is 1. The van der Waals surface area contributed by atoms with Crippen molar-refractivity contribution in [2.75, 3.05) is 29.9 Å². The molecule has 0 spiro atoms. The molecule has 2 N–H and O–H groups in total. The number of carboxylic acids is 1. The third kappa shape index (κ3) is 11.9. The maximum atomic E-state index is 13.7. The molecule has 1 fully saturated rings. The minimum Gasteiger partial charge on any atom is -0.478 e. The van der Waals surface area contributed by atoms with Crippen LogP contribution in [0.4, 0.5) is 20.3 Å². The molecule has 2 aliphatic rings. The fourth-order valence-corrected chi connectivity index (χ4v) is 4.45. The maximum Gasteiger partial charge on any atom is 0.335 e. The lowest BCUT2D eigenvalue weighted by Crippen LogP contribution is -2.35. The number of alkyl halides is 1. The van der Waals surface area contributed by atoms with Gasteiger partial charge in [-0.15, -0.1) is 9.24 Å². The van der Waals surface area contributed by atoms with E-state index in [1.54, 1.807) is 30.5 Å². The fraction of sp³-hybridized carbons (Fsp3) is 0.387. The summed E-state index contributed by atoms with van der Waals surface area (Å²) in [7, 11) is 1.99. The third-order valence-corrected chi connectivity index (χ3v) is 6.46. The van der Waals surface area contributed by atoms with Gasteiger partial charge in [-0.2, -0.15) is 0 Å². The first-order valence-corrected chi connectivity index (χ1v) is 14.4. The smallest absolute Gasteiger partial charge is 0.335 e. The number of rotatable bonds is 9. The summed E-state index contributed by atoms with van der Waals surface area (Å²) in [6.07, 6.45) is 11.8. The van der Waals surface area contributed by atoms with Crippen molar-refractivity contribution in [3.63, 3.8) is 0 Å². The van der Waals surface area contributed by atoms with Crippen LogP contribution in [0.1, 0.15) is 54.9 Å². The van der Waals surface area contributed by atoms with Gasteiger partial charge in [-0.3, -0.25) is 4.79 Å². The molecule has 0 saturated carbocycles. The Morgan fingerprint density at radius 3 is 2.66 bits per heavy atom. The largest absolute Gasteiger partial charge is 0.478 e. The summed E-state index contributed by atoms with van der Waals surface area (Å²) in [6, 6.07) is 10.6. The summed E-state index contributed by atoms with van der Waals surface area (Å²) < 4.78 is 30.6. The van der Waals surface area contributed by atoms with E-state index >= 15 is 0 Å². The third-order valence-electron chi connectivity index (χ3n) is 6.46. The summed E-state index contributed by atoms with van der Waals surface area (Å²) in [4.78, 5) is 30.3. The van der Waals surface area contributed by atoms with E-state index in [2.05, 4.69) is 15.2 Å². The van der Waals surface area contributed by atoms with Crippen LogP contribution < -0.4 is 10.2 Å². The Hall–Kier alpha value is -3.42. The Kier molecular flexibility index (Phi) is 13.1. The number of amides is 1. The topological polar surface area (TPSA) is 91.8 Å². The second-order valence-electron chi connectivity index (χ2n) is 10.0. The van der Waals surface area contributed by atoms with Gasteiger partial charge in [0.15, 0.2) is 0 Å². The van der Waals surface area contributed by atoms with E-state index in [0.717, 1.165) is 43.7 Å². The number of hydrogen-bond acceptors (Lipinski definition) is 5. The number of ether oxygens (including phenoxy) is 1. The summed E-state index contributed by atoms with van der Waals surface area (Å²) in [5, 5.41) is 11.9. The van der Waals surface area contributed by atoms with Crippen LogP contribution in [0.25, 0.3) is 0 Å². The van der Waals surface area contributed by atoms with Crippen LogP contribution >= 0.6 is 9.24 Å². The molecule has 2 aromatic rings. The molecule has 1 aliphatic carbocycles. The highest BCUT2D eigenvalue weighted by Crippen LogP contribution is 2.24. The summed E-state index contributed by atoms with van der Waals surface area (Å²) in [5.74, 6) is -0.907. The van der Waals surface area contributed by atoms with Crippen molar-refractivity contribution < 1.29 is 28.2 Å². The number of allylic oxidation sites excluding steroid dienone is 5. The van der Waals surface area contributed by atoms with E-state index < -0.39 is 11.9 Å². The number of carboxylic acid groups (broad SMARTS) is 1. The fourth-order valence-electron chi connectivity index (χ4n) is 4.45. The van der Waals surface area contributed by atoms with Crippen LogP contribution in [0.3, 0.4) is 0 Å². The highest BCUT2D eigenvalue weighted by Gasteiger charge is 2.20. The zero-order valence-corrected chi connectivity index (χ0v) is 24.4. The van der Waals surface area contributed by atoms with Crippen molar-refractivity contribution in [1.29, 1.82) is 0 Å². The second kappa shape index (κ2) is 16.7. The molecule has 1 saturated heterocycles. The van der Waals surface area contributed by atoms with Crippen LogP contribution in [-0.4, -0.2) is 47.6 Å². The molecule has 1 amide bonds. The molecule has 220 valence electrons. The summed E-state index contributed by atoms with van der Waals surface area (Å²) in [6.45, 7) is 4.22. The zero-order valence-electron chi connectivity index (χ0n) is 23.3. The quantitative estimate of drug-likeness (QED) is 0.313. The molecule has 10 heteroatoms. The number of pyridine rings is 1. The molecular formula is C31H38F2N3O4P. The van der Waals surface area contributed by atoms with Crippen LogP contribution in [0.15, 0.2) is 78.3 Å². The van der Waals surface area contributed by atoms with Gasteiger partial charge in [0.1, 0.15) is 17.6 Å². The summed E-state index contributed by atoms with van der Waals surface area (Å²) in [5.41, 5.74) is 2.37. The number of carbonyl (C=O) groups is 2. The Morgan fingerprint density at radius 2 is 1.98 bits per heavy atom. The van der Waals surface area contributed by atoms with Crippen molar-refractivity contribution >= 4 is 32.6 Å². The van der Waals surface area contributed by atoms with Crippen molar-refractivity contribution in [3.8, 4) is 0 Å². The van der Waals surface area contributed by atoms with Crippen LogP contribution in [-0.2, 0) is 16.1 Å². The number of aromatic nitrogens is 1. The van der Waals surface area contributed by atoms with Crippen molar-refractivity contribution in [3.05, 3.63) is 89.4 Å². The van der Waals surface area contributed by atoms with Gasteiger partial charge in [0.2, 0.25) is 5.91 Å². The molecule has 1 aromatic heterocycles. The molecule has 2 unspecified atom stereocenters. The first-order chi connectivity index (χ1) is 19.7. The second-order valence-corrected chi connectivity index (χ2v) is 11.0. The molecule has 2 heterocycles. The number of piperidine rings is 1. The van der Waals surface area contributed by atoms with E-state index in [1.807, 2.05) is 33.5 Å². The molecule has 7 nitrogen and oxygen atoms in total. The van der Waals surface area contributed by atoms with E-state index in [1.165, 1.54) is 19.1 Å². The number of benzene rings is 1. The number of nitrogens with one attached hydrogen (secondary N) is 1. The average molecular weight is 586 g/mol. The van der Waals surface area contributed by atoms with Crippen LogP contribution in [0, 0.1) is 5.92 Å². The van der Waals surface area contributed by atoms with Gasteiger partial charge in [0.05, 0.1) is 30.5 Å². The molecule has 41 heavy (non-hydrogen) atoms. The Labute approximate surface area is 242 Å².